The summed E-state index contributed by atoms with van der Waals surface area (Å²) in [4.78, 5) is 19.6. The molecule has 1 aliphatic heterocycles. The van der Waals surface area contributed by atoms with Crippen molar-refractivity contribution in [2.24, 2.45) is 0 Å². The van der Waals surface area contributed by atoms with E-state index in [9.17, 15) is 13.6 Å². The van der Waals surface area contributed by atoms with Gasteiger partial charge in [0.05, 0.1) is 26.5 Å². The normalized spacial score (nSPS) is 14.2. The molecule has 0 aliphatic carbocycles. The number of amides is 1. The Kier molecular flexibility index (Phi) is 10.8. The number of ether oxygens (including phenoxy) is 4. The Bertz CT molecular complexity index is 1290. The van der Waals surface area contributed by atoms with Crippen molar-refractivity contribution in [2.75, 3.05) is 72.1 Å². The highest BCUT2D eigenvalue weighted by molar-refractivity contribution is 5.82. The largest absolute Gasteiger partial charge is 0.493 e. The second-order valence-electron chi connectivity index (χ2n) is 9.71. The molecule has 220 valence electrons. The van der Waals surface area contributed by atoms with Gasteiger partial charge in [0, 0.05) is 64.6 Å². The SMILES string of the molecule is COCCN(Cc1cccc(OC)c1OC)C[C@@H](Oc1cccc(F)c1)C(=O)N1CCN(c2ccccc2F)CC1. The van der Waals surface area contributed by atoms with Gasteiger partial charge < -0.3 is 28.7 Å². The molecule has 1 aliphatic rings. The van der Waals surface area contributed by atoms with Crippen LogP contribution in [0.2, 0.25) is 0 Å². The lowest BCUT2D eigenvalue weighted by atomic mass is 10.1. The van der Waals surface area contributed by atoms with Crippen molar-refractivity contribution < 1.29 is 32.5 Å². The van der Waals surface area contributed by atoms with Gasteiger partial charge in [-0.1, -0.05) is 30.3 Å². The lowest BCUT2D eigenvalue weighted by Gasteiger charge is -2.38. The van der Waals surface area contributed by atoms with E-state index in [2.05, 4.69) is 0 Å². The van der Waals surface area contributed by atoms with Crippen LogP contribution < -0.4 is 19.1 Å². The summed E-state index contributed by atoms with van der Waals surface area (Å²) < 4.78 is 50.9. The van der Waals surface area contributed by atoms with Gasteiger partial charge in [-0.15, -0.1) is 0 Å². The van der Waals surface area contributed by atoms with Crippen LogP contribution in [0.25, 0.3) is 0 Å². The Labute approximate surface area is 240 Å². The van der Waals surface area contributed by atoms with Crippen LogP contribution in [0.4, 0.5) is 14.5 Å². The summed E-state index contributed by atoms with van der Waals surface area (Å²) in [5.41, 5.74) is 1.39. The summed E-state index contributed by atoms with van der Waals surface area (Å²) in [5.74, 6) is 0.510. The second kappa shape index (κ2) is 14.7. The maximum atomic E-state index is 14.4. The van der Waals surface area contributed by atoms with Gasteiger partial charge in [0.25, 0.3) is 5.91 Å². The molecule has 8 nitrogen and oxygen atoms in total. The van der Waals surface area contributed by atoms with Crippen molar-refractivity contribution in [1.29, 1.82) is 0 Å². The fourth-order valence-electron chi connectivity index (χ4n) is 4.96. The zero-order chi connectivity index (χ0) is 29.2. The average molecular weight is 570 g/mol. The van der Waals surface area contributed by atoms with Crippen molar-refractivity contribution >= 4 is 11.6 Å². The van der Waals surface area contributed by atoms with Crippen LogP contribution in [0.15, 0.2) is 66.7 Å². The van der Waals surface area contributed by atoms with E-state index in [0.717, 1.165) is 5.56 Å². The first-order valence-corrected chi connectivity index (χ1v) is 13.5. The molecule has 1 amide bonds. The van der Waals surface area contributed by atoms with Gasteiger partial charge >= 0.3 is 0 Å². The molecule has 0 spiro atoms. The molecule has 1 saturated heterocycles. The topological polar surface area (TPSA) is 63.7 Å². The zero-order valence-corrected chi connectivity index (χ0v) is 23.7. The predicted octanol–water partition coefficient (Wildman–Crippen LogP) is 4.23. The van der Waals surface area contributed by atoms with Crippen molar-refractivity contribution in [2.45, 2.75) is 12.6 Å². The summed E-state index contributed by atoms with van der Waals surface area (Å²) >= 11 is 0. The van der Waals surface area contributed by atoms with Crippen LogP contribution in [-0.4, -0.2) is 89.0 Å². The Morgan fingerprint density at radius 2 is 1.68 bits per heavy atom. The number of nitrogens with zero attached hydrogens (tertiary/aromatic N) is 3. The lowest BCUT2D eigenvalue weighted by Crippen LogP contribution is -2.55. The molecule has 1 atom stereocenters. The third-order valence-corrected chi connectivity index (χ3v) is 7.05. The zero-order valence-electron chi connectivity index (χ0n) is 23.7. The highest BCUT2D eigenvalue weighted by atomic mass is 19.1. The van der Waals surface area contributed by atoms with E-state index in [0.29, 0.717) is 63.1 Å². The van der Waals surface area contributed by atoms with Crippen molar-refractivity contribution in [3.8, 4) is 17.2 Å². The number of carbonyl (C=O) groups is 1. The first-order chi connectivity index (χ1) is 19.9. The van der Waals surface area contributed by atoms with E-state index in [-0.39, 0.29) is 24.0 Å². The number of halogens is 2. The number of methoxy groups -OCH3 is 3. The number of hydrogen-bond acceptors (Lipinski definition) is 7. The van der Waals surface area contributed by atoms with Crippen LogP contribution >= 0.6 is 0 Å². The Morgan fingerprint density at radius 1 is 0.927 bits per heavy atom. The molecule has 41 heavy (non-hydrogen) atoms. The average Bonchev–Trinajstić information content (AvgIpc) is 2.99. The quantitative estimate of drug-likeness (QED) is 0.305. The molecule has 4 rings (SSSR count). The maximum absolute atomic E-state index is 14.4. The maximum Gasteiger partial charge on any atom is 0.265 e. The van der Waals surface area contributed by atoms with Crippen molar-refractivity contribution in [3.63, 3.8) is 0 Å². The monoisotopic (exact) mass is 569 g/mol. The molecule has 0 saturated carbocycles. The van der Waals surface area contributed by atoms with Gasteiger partial charge in [-0.05, 0) is 30.3 Å². The minimum absolute atomic E-state index is 0.215. The third-order valence-electron chi connectivity index (χ3n) is 7.05. The number of benzene rings is 3. The van der Waals surface area contributed by atoms with Gasteiger partial charge in [-0.3, -0.25) is 9.69 Å². The van der Waals surface area contributed by atoms with Gasteiger partial charge in [0.2, 0.25) is 0 Å². The molecular formula is C31H37F2N3O5. The number of rotatable bonds is 13. The molecular weight excluding hydrogens is 532 g/mol. The van der Waals surface area contributed by atoms with Crippen LogP contribution in [0.3, 0.4) is 0 Å². The van der Waals surface area contributed by atoms with Crippen LogP contribution in [0.5, 0.6) is 17.2 Å². The fourth-order valence-corrected chi connectivity index (χ4v) is 4.96. The lowest BCUT2D eigenvalue weighted by molar-refractivity contribution is -0.140. The summed E-state index contributed by atoms with van der Waals surface area (Å²) in [6.07, 6.45) is -0.926. The number of hydrogen-bond donors (Lipinski definition) is 0. The van der Waals surface area contributed by atoms with Crippen LogP contribution in [0.1, 0.15) is 5.56 Å². The molecule has 0 unspecified atom stereocenters. The molecule has 0 bridgehead atoms. The molecule has 10 heteroatoms. The smallest absolute Gasteiger partial charge is 0.265 e. The predicted molar refractivity (Wildman–Crippen MR) is 153 cm³/mol. The second-order valence-corrected chi connectivity index (χ2v) is 9.71. The number of anilines is 1. The number of piperazine rings is 1. The van der Waals surface area contributed by atoms with E-state index in [1.807, 2.05) is 28.0 Å². The molecule has 3 aromatic carbocycles. The van der Waals surface area contributed by atoms with Gasteiger partial charge in [0.15, 0.2) is 17.6 Å². The molecule has 0 N–H and O–H groups in total. The minimum Gasteiger partial charge on any atom is -0.493 e. The molecule has 0 aromatic heterocycles. The van der Waals surface area contributed by atoms with E-state index in [4.69, 9.17) is 18.9 Å². The van der Waals surface area contributed by atoms with E-state index in [1.165, 1.54) is 18.2 Å². The van der Waals surface area contributed by atoms with Crippen molar-refractivity contribution in [1.82, 2.24) is 9.80 Å². The summed E-state index contributed by atoms with van der Waals surface area (Å²) in [6, 6.07) is 18.0. The molecule has 1 fully saturated rings. The number of para-hydroxylation sites is 2. The molecule has 3 aromatic rings. The van der Waals surface area contributed by atoms with Crippen molar-refractivity contribution in [3.05, 3.63) is 83.9 Å². The minimum atomic E-state index is -0.926. The Balaban J connectivity index is 1.54. The highest BCUT2D eigenvalue weighted by Crippen LogP contribution is 2.32. The van der Waals surface area contributed by atoms with E-state index in [1.54, 1.807) is 56.6 Å². The summed E-state index contributed by atoms with van der Waals surface area (Å²) in [5, 5.41) is 0. The fraction of sp³-hybridized carbons (Fsp3) is 0.387. The van der Waals surface area contributed by atoms with E-state index >= 15 is 0 Å². The molecule has 1 heterocycles. The van der Waals surface area contributed by atoms with Gasteiger partial charge in [-0.2, -0.15) is 0 Å². The molecule has 0 radical (unpaired) electrons. The van der Waals surface area contributed by atoms with Crippen LogP contribution in [0, 0.1) is 11.6 Å². The van der Waals surface area contributed by atoms with E-state index < -0.39 is 11.9 Å². The first kappa shape index (κ1) is 30.1. The standard InChI is InChI=1S/C31H37F2N3O5/c1-38-19-18-34(21-23-8-6-13-28(39-2)30(23)40-3)22-29(41-25-10-7-9-24(32)20-25)31(37)36-16-14-35(15-17-36)27-12-5-4-11-26(27)33/h4-13,20,29H,14-19,21-22H2,1-3H3/t29-/m1/s1. The highest BCUT2D eigenvalue weighted by Gasteiger charge is 2.31. The van der Waals surface area contributed by atoms with Gasteiger partial charge in [-0.25, -0.2) is 8.78 Å². The van der Waals surface area contributed by atoms with Crippen LogP contribution in [-0.2, 0) is 16.1 Å². The summed E-state index contributed by atoms with van der Waals surface area (Å²) in [7, 11) is 4.78. The first-order valence-electron chi connectivity index (χ1n) is 13.5. The number of carbonyl (C=O) groups excluding carboxylic acids is 1. The summed E-state index contributed by atoms with van der Waals surface area (Å²) in [6.45, 7) is 3.34. The Hall–Kier alpha value is -3.89. The van der Waals surface area contributed by atoms with Gasteiger partial charge in [0.1, 0.15) is 17.4 Å². The Morgan fingerprint density at radius 3 is 2.37 bits per heavy atom. The third kappa shape index (κ3) is 7.86.